The van der Waals surface area contributed by atoms with E-state index >= 15 is 0 Å². The van der Waals surface area contributed by atoms with Crippen molar-refractivity contribution in [1.29, 1.82) is 0 Å². The van der Waals surface area contributed by atoms with Crippen molar-refractivity contribution in [3.05, 3.63) is 21.7 Å². The number of benzene rings is 1. The summed E-state index contributed by atoms with van der Waals surface area (Å²) in [5.41, 5.74) is 1.62. The molecule has 15 heavy (non-hydrogen) atoms. The minimum absolute atomic E-state index is 0.132. The zero-order valence-electron chi connectivity index (χ0n) is 8.54. The predicted molar refractivity (Wildman–Crippen MR) is 59.9 cm³/mol. The first kappa shape index (κ1) is 10.5. The monoisotopic (exact) mass is 270 g/mol. The number of hydrogen-bond donors (Lipinski definition) is 0. The molecule has 1 aromatic rings. The van der Waals surface area contributed by atoms with E-state index in [9.17, 15) is 4.79 Å². The molecular formula is C11H11BrO3. The van der Waals surface area contributed by atoms with Crippen molar-refractivity contribution in [2.75, 3.05) is 7.11 Å². The minimum atomic E-state index is 0.132. The summed E-state index contributed by atoms with van der Waals surface area (Å²) in [6, 6.07) is 1.69. The highest BCUT2D eigenvalue weighted by atomic mass is 79.9. The van der Waals surface area contributed by atoms with E-state index in [1.165, 1.54) is 0 Å². The van der Waals surface area contributed by atoms with E-state index in [0.29, 0.717) is 11.3 Å². The van der Waals surface area contributed by atoms with Crippen LogP contribution in [-0.2, 0) is 6.42 Å². The molecule has 0 bridgehead atoms. The molecule has 0 fully saturated rings. The molecule has 0 aliphatic carbocycles. The summed E-state index contributed by atoms with van der Waals surface area (Å²) in [5.74, 6) is 1.38. The average molecular weight is 271 g/mol. The second-order valence-corrected chi connectivity index (χ2v) is 4.33. The van der Waals surface area contributed by atoms with Gasteiger partial charge in [-0.25, -0.2) is 0 Å². The molecule has 0 N–H and O–H groups in total. The number of fused-ring (bicyclic) bond motifs is 1. The van der Waals surface area contributed by atoms with Crippen molar-refractivity contribution >= 4 is 22.2 Å². The lowest BCUT2D eigenvalue weighted by Crippen LogP contribution is -2.05. The first-order valence-electron chi connectivity index (χ1n) is 4.68. The molecule has 0 amide bonds. The van der Waals surface area contributed by atoms with Crippen molar-refractivity contribution in [2.45, 2.75) is 19.4 Å². The molecule has 1 aliphatic heterocycles. The Bertz CT molecular complexity index is 415. The second-order valence-electron chi connectivity index (χ2n) is 3.54. The SMILES string of the molecule is COc1cc(C=O)c(Br)c2c1OC(C)C2. The van der Waals surface area contributed by atoms with Crippen LogP contribution in [0.25, 0.3) is 0 Å². The summed E-state index contributed by atoms with van der Waals surface area (Å²) in [7, 11) is 1.57. The fourth-order valence-electron chi connectivity index (χ4n) is 1.77. The normalized spacial score (nSPS) is 18.2. The molecule has 80 valence electrons. The van der Waals surface area contributed by atoms with Gasteiger partial charge in [0, 0.05) is 22.0 Å². The van der Waals surface area contributed by atoms with Crippen LogP contribution in [0.4, 0.5) is 0 Å². The lowest BCUT2D eigenvalue weighted by Gasteiger charge is -2.10. The van der Waals surface area contributed by atoms with Crippen molar-refractivity contribution < 1.29 is 14.3 Å². The summed E-state index contributed by atoms with van der Waals surface area (Å²) < 4.78 is 11.7. The van der Waals surface area contributed by atoms with Crippen LogP contribution in [0.15, 0.2) is 10.5 Å². The van der Waals surface area contributed by atoms with Crippen molar-refractivity contribution in [3.63, 3.8) is 0 Å². The van der Waals surface area contributed by atoms with Crippen LogP contribution in [0.1, 0.15) is 22.8 Å². The number of aldehydes is 1. The number of methoxy groups -OCH3 is 1. The Balaban J connectivity index is 2.62. The summed E-state index contributed by atoms with van der Waals surface area (Å²) in [5, 5.41) is 0. The van der Waals surface area contributed by atoms with Crippen LogP contribution in [0.3, 0.4) is 0 Å². The third kappa shape index (κ3) is 1.63. The molecule has 0 aromatic heterocycles. The lowest BCUT2D eigenvalue weighted by molar-refractivity contribution is 0.112. The Hall–Kier alpha value is -1.03. The lowest BCUT2D eigenvalue weighted by atomic mass is 10.1. The molecule has 0 saturated heterocycles. The van der Waals surface area contributed by atoms with Gasteiger partial charge >= 0.3 is 0 Å². The molecule has 1 aliphatic rings. The van der Waals surface area contributed by atoms with Gasteiger partial charge in [0.15, 0.2) is 17.8 Å². The molecule has 0 saturated carbocycles. The maximum atomic E-state index is 10.9. The summed E-state index contributed by atoms with van der Waals surface area (Å²) in [4.78, 5) is 10.9. The maximum Gasteiger partial charge on any atom is 0.166 e. The van der Waals surface area contributed by atoms with Crippen LogP contribution in [0.2, 0.25) is 0 Å². The van der Waals surface area contributed by atoms with E-state index < -0.39 is 0 Å². The van der Waals surface area contributed by atoms with Crippen molar-refractivity contribution in [2.24, 2.45) is 0 Å². The van der Waals surface area contributed by atoms with Crippen LogP contribution >= 0.6 is 15.9 Å². The van der Waals surface area contributed by atoms with Gasteiger partial charge in [0.1, 0.15) is 6.10 Å². The quantitative estimate of drug-likeness (QED) is 0.775. The highest BCUT2D eigenvalue weighted by Gasteiger charge is 2.27. The van der Waals surface area contributed by atoms with Gasteiger partial charge in [-0.1, -0.05) is 0 Å². The van der Waals surface area contributed by atoms with Gasteiger partial charge < -0.3 is 9.47 Å². The molecule has 1 unspecified atom stereocenters. The van der Waals surface area contributed by atoms with Crippen molar-refractivity contribution in [1.82, 2.24) is 0 Å². The first-order chi connectivity index (χ1) is 7.17. The van der Waals surface area contributed by atoms with E-state index in [2.05, 4.69) is 15.9 Å². The topological polar surface area (TPSA) is 35.5 Å². The molecule has 3 nitrogen and oxygen atoms in total. The smallest absolute Gasteiger partial charge is 0.166 e. The minimum Gasteiger partial charge on any atom is -0.493 e. The average Bonchev–Trinajstić information content (AvgIpc) is 2.61. The van der Waals surface area contributed by atoms with E-state index in [1.807, 2.05) is 6.92 Å². The van der Waals surface area contributed by atoms with Crippen LogP contribution in [0.5, 0.6) is 11.5 Å². The number of carbonyl (C=O) groups excluding carboxylic acids is 1. The third-order valence-corrected chi connectivity index (χ3v) is 3.40. The molecule has 1 atom stereocenters. The molecule has 0 spiro atoms. The second kappa shape index (κ2) is 3.85. The van der Waals surface area contributed by atoms with Gasteiger partial charge in [0.05, 0.1) is 7.11 Å². The van der Waals surface area contributed by atoms with E-state index in [-0.39, 0.29) is 6.10 Å². The molecule has 1 heterocycles. The molecule has 2 rings (SSSR count). The number of rotatable bonds is 2. The van der Waals surface area contributed by atoms with Gasteiger partial charge in [-0.3, -0.25) is 4.79 Å². The molecule has 0 radical (unpaired) electrons. The highest BCUT2D eigenvalue weighted by molar-refractivity contribution is 9.10. The predicted octanol–water partition coefficient (Wildman–Crippen LogP) is 2.59. The Morgan fingerprint density at radius 3 is 3.00 bits per heavy atom. The van der Waals surface area contributed by atoms with E-state index in [0.717, 1.165) is 28.5 Å². The Morgan fingerprint density at radius 1 is 1.67 bits per heavy atom. The largest absolute Gasteiger partial charge is 0.493 e. The molecular weight excluding hydrogens is 260 g/mol. The summed E-state index contributed by atoms with van der Waals surface area (Å²) >= 11 is 3.42. The van der Waals surface area contributed by atoms with Crippen LogP contribution < -0.4 is 9.47 Å². The Kier molecular flexibility index (Phi) is 2.69. The van der Waals surface area contributed by atoms with Crippen LogP contribution in [-0.4, -0.2) is 19.5 Å². The number of hydrogen-bond acceptors (Lipinski definition) is 3. The van der Waals surface area contributed by atoms with Crippen LogP contribution in [0, 0.1) is 0 Å². The number of ether oxygens (including phenoxy) is 2. The van der Waals surface area contributed by atoms with Gasteiger partial charge in [-0.2, -0.15) is 0 Å². The van der Waals surface area contributed by atoms with Gasteiger partial charge in [0.25, 0.3) is 0 Å². The maximum absolute atomic E-state index is 10.9. The molecule has 1 aromatic carbocycles. The number of halogens is 1. The summed E-state index contributed by atoms with van der Waals surface area (Å²) in [6.45, 7) is 1.99. The number of carbonyl (C=O) groups is 1. The third-order valence-electron chi connectivity index (χ3n) is 2.46. The van der Waals surface area contributed by atoms with Crippen molar-refractivity contribution in [3.8, 4) is 11.5 Å². The zero-order valence-corrected chi connectivity index (χ0v) is 10.1. The Labute approximate surface area is 96.5 Å². The van der Waals surface area contributed by atoms with E-state index in [4.69, 9.17) is 9.47 Å². The van der Waals surface area contributed by atoms with Gasteiger partial charge in [0.2, 0.25) is 0 Å². The molecule has 4 heteroatoms. The zero-order chi connectivity index (χ0) is 11.0. The van der Waals surface area contributed by atoms with Gasteiger partial charge in [-0.15, -0.1) is 0 Å². The highest BCUT2D eigenvalue weighted by Crippen LogP contribution is 2.43. The first-order valence-corrected chi connectivity index (χ1v) is 5.48. The standard InChI is InChI=1S/C11H11BrO3/c1-6-3-8-10(12)7(5-13)4-9(14-2)11(8)15-6/h4-6H,3H2,1-2H3. The summed E-state index contributed by atoms with van der Waals surface area (Å²) in [6.07, 6.45) is 1.75. The fraction of sp³-hybridized carbons (Fsp3) is 0.364. The van der Waals surface area contributed by atoms with Gasteiger partial charge in [-0.05, 0) is 28.9 Å². The van der Waals surface area contributed by atoms with E-state index in [1.54, 1.807) is 13.2 Å². The Morgan fingerprint density at radius 2 is 2.40 bits per heavy atom. The fourth-order valence-corrected chi connectivity index (χ4v) is 2.32.